The minimum absolute atomic E-state index is 0.650. The molecule has 124 valence electrons. The first-order valence-corrected chi connectivity index (χ1v) is 9.11. The van der Waals surface area contributed by atoms with E-state index >= 15 is 0 Å². The van der Waals surface area contributed by atoms with Crippen LogP contribution < -0.4 is 0 Å². The third-order valence-electron chi connectivity index (χ3n) is 4.44. The lowest BCUT2D eigenvalue weighted by atomic mass is 9.97. The zero-order valence-corrected chi connectivity index (χ0v) is 15.8. The van der Waals surface area contributed by atoms with Crippen LogP contribution >= 0.6 is 15.9 Å². The van der Waals surface area contributed by atoms with Crippen LogP contribution in [-0.4, -0.2) is 4.98 Å². The lowest BCUT2D eigenvalue weighted by Gasteiger charge is -2.11. The smallest absolute Gasteiger partial charge is 0.0991 e. The van der Waals surface area contributed by atoms with Crippen molar-refractivity contribution in [1.82, 2.24) is 4.98 Å². The molecule has 4 rings (SSSR count). The largest absolute Gasteiger partial charge is 0.248 e. The van der Waals surface area contributed by atoms with Crippen molar-refractivity contribution in [3.05, 3.63) is 88.4 Å². The highest BCUT2D eigenvalue weighted by molar-refractivity contribution is 9.10. The fraction of sp³-hybridized carbons (Fsp3) is 0.0435. The first-order valence-electron chi connectivity index (χ1n) is 8.32. The van der Waals surface area contributed by atoms with E-state index in [1.165, 1.54) is 5.56 Å². The Hall–Kier alpha value is -2.96. The Bertz CT molecular complexity index is 1140. The molecule has 1 aromatic heterocycles. The zero-order valence-electron chi connectivity index (χ0n) is 14.2. The maximum atomic E-state index is 9.01. The van der Waals surface area contributed by atoms with Gasteiger partial charge in [-0.05, 0) is 54.4 Å². The molecule has 0 fully saturated rings. The Morgan fingerprint density at radius 3 is 2.23 bits per heavy atom. The molecule has 3 heteroatoms. The number of rotatable bonds is 2. The lowest BCUT2D eigenvalue weighted by Crippen LogP contribution is -1.90. The van der Waals surface area contributed by atoms with E-state index in [2.05, 4.69) is 65.3 Å². The molecule has 0 atom stereocenters. The predicted octanol–water partition coefficient (Wildman–Crippen LogP) is 6.51. The second-order valence-electron chi connectivity index (χ2n) is 6.27. The number of pyridine rings is 1. The van der Waals surface area contributed by atoms with Crippen molar-refractivity contribution >= 4 is 26.8 Å². The molecule has 2 nitrogen and oxygen atoms in total. The standard InChI is InChI=1S/C23H15BrN2/c1-15-2-6-17(7-3-15)20-13-23(18-8-4-16(14-25)5-9-18)26-22-11-10-19(24)12-21(20)22/h2-13H,1H3. The van der Waals surface area contributed by atoms with E-state index in [4.69, 9.17) is 10.2 Å². The van der Waals surface area contributed by atoms with Gasteiger partial charge in [0, 0.05) is 15.4 Å². The molecule has 0 saturated carbocycles. The third kappa shape index (κ3) is 3.12. The van der Waals surface area contributed by atoms with Gasteiger partial charge in [-0.1, -0.05) is 57.9 Å². The molecule has 0 unspecified atom stereocenters. The summed E-state index contributed by atoms with van der Waals surface area (Å²) in [6.07, 6.45) is 0. The van der Waals surface area contributed by atoms with Gasteiger partial charge in [-0.15, -0.1) is 0 Å². The maximum Gasteiger partial charge on any atom is 0.0991 e. The average Bonchev–Trinajstić information content (AvgIpc) is 2.68. The van der Waals surface area contributed by atoms with Gasteiger partial charge in [0.2, 0.25) is 0 Å². The second-order valence-corrected chi connectivity index (χ2v) is 7.19. The van der Waals surface area contributed by atoms with Crippen molar-refractivity contribution in [1.29, 1.82) is 5.26 Å². The van der Waals surface area contributed by atoms with Gasteiger partial charge in [0.25, 0.3) is 0 Å². The van der Waals surface area contributed by atoms with E-state index < -0.39 is 0 Å². The molecule has 1 heterocycles. The summed E-state index contributed by atoms with van der Waals surface area (Å²) in [6.45, 7) is 2.09. The third-order valence-corrected chi connectivity index (χ3v) is 4.94. The van der Waals surface area contributed by atoms with Crippen molar-refractivity contribution in [3.63, 3.8) is 0 Å². The number of nitrogens with zero attached hydrogens (tertiary/aromatic N) is 2. The van der Waals surface area contributed by atoms with Gasteiger partial charge in [-0.2, -0.15) is 5.26 Å². The van der Waals surface area contributed by atoms with Crippen LogP contribution in [0.1, 0.15) is 11.1 Å². The quantitative estimate of drug-likeness (QED) is 0.385. The van der Waals surface area contributed by atoms with Gasteiger partial charge in [0.15, 0.2) is 0 Å². The molecule has 0 aliphatic heterocycles. The number of nitriles is 1. The van der Waals surface area contributed by atoms with E-state index in [1.54, 1.807) is 0 Å². The summed E-state index contributed by atoms with van der Waals surface area (Å²) >= 11 is 3.57. The Labute approximate surface area is 160 Å². The first-order chi connectivity index (χ1) is 12.6. The maximum absolute atomic E-state index is 9.01. The molecule has 26 heavy (non-hydrogen) atoms. The Balaban J connectivity index is 1.96. The van der Waals surface area contributed by atoms with Crippen LogP contribution in [0.2, 0.25) is 0 Å². The molecule has 0 aliphatic rings. The van der Waals surface area contributed by atoms with Crippen LogP contribution in [0.3, 0.4) is 0 Å². The van der Waals surface area contributed by atoms with Crippen molar-refractivity contribution in [2.45, 2.75) is 6.92 Å². The minimum atomic E-state index is 0.650. The van der Waals surface area contributed by atoms with Gasteiger partial charge in [0.1, 0.15) is 0 Å². The normalized spacial score (nSPS) is 10.7. The van der Waals surface area contributed by atoms with Gasteiger partial charge < -0.3 is 0 Å². The minimum Gasteiger partial charge on any atom is -0.248 e. The Kier molecular flexibility index (Phi) is 4.28. The number of aromatic nitrogens is 1. The summed E-state index contributed by atoms with van der Waals surface area (Å²) in [7, 11) is 0. The second kappa shape index (κ2) is 6.74. The van der Waals surface area contributed by atoms with Gasteiger partial charge >= 0.3 is 0 Å². The molecule has 3 aromatic carbocycles. The van der Waals surface area contributed by atoms with E-state index in [1.807, 2.05) is 36.4 Å². The molecule has 0 N–H and O–H groups in total. The molecule has 0 bridgehead atoms. The number of benzene rings is 3. The van der Waals surface area contributed by atoms with E-state index in [-0.39, 0.29) is 0 Å². The van der Waals surface area contributed by atoms with Crippen LogP contribution in [0.25, 0.3) is 33.3 Å². The molecular formula is C23H15BrN2. The summed E-state index contributed by atoms with van der Waals surface area (Å²) in [5.74, 6) is 0. The molecular weight excluding hydrogens is 384 g/mol. The fourth-order valence-corrected chi connectivity index (χ4v) is 3.39. The summed E-state index contributed by atoms with van der Waals surface area (Å²) in [6, 6.07) is 26.5. The number of aryl methyl sites for hydroxylation is 1. The van der Waals surface area contributed by atoms with Crippen molar-refractivity contribution in [3.8, 4) is 28.5 Å². The average molecular weight is 399 g/mol. The van der Waals surface area contributed by atoms with E-state index in [0.717, 1.165) is 37.8 Å². The highest BCUT2D eigenvalue weighted by atomic mass is 79.9. The number of fused-ring (bicyclic) bond motifs is 1. The zero-order chi connectivity index (χ0) is 18.1. The highest BCUT2D eigenvalue weighted by Crippen LogP contribution is 2.33. The summed E-state index contributed by atoms with van der Waals surface area (Å²) < 4.78 is 1.03. The molecule has 4 aromatic rings. The van der Waals surface area contributed by atoms with Crippen LogP contribution in [0, 0.1) is 18.3 Å². The SMILES string of the molecule is Cc1ccc(-c2cc(-c3ccc(C#N)cc3)nc3ccc(Br)cc23)cc1. The van der Waals surface area contributed by atoms with Gasteiger partial charge in [-0.3, -0.25) is 0 Å². The molecule has 0 radical (unpaired) electrons. The highest BCUT2D eigenvalue weighted by Gasteiger charge is 2.10. The first kappa shape index (κ1) is 16.5. The lowest BCUT2D eigenvalue weighted by molar-refractivity contribution is 1.39. The molecule has 0 aliphatic carbocycles. The number of hydrogen-bond donors (Lipinski definition) is 0. The van der Waals surface area contributed by atoms with E-state index in [0.29, 0.717) is 5.56 Å². The summed E-state index contributed by atoms with van der Waals surface area (Å²) in [5.41, 5.74) is 7.05. The number of halogens is 1. The van der Waals surface area contributed by atoms with Crippen LogP contribution in [-0.2, 0) is 0 Å². The van der Waals surface area contributed by atoms with Gasteiger partial charge in [-0.25, -0.2) is 4.98 Å². The topological polar surface area (TPSA) is 36.7 Å². The summed E-state index contributed by atoms with van der Waals surface area (Å²) in [4.78, 5) is 4.84. The van der Waals surface area contributed by atoms with Crippen molar-refractivity contribution in [2.75, 3.05) is 0 Å². The van der Waals surface area contributed by atoms with Gasteiger partial charge in [0.05, 0.1) is 22.8 Å². The fourth-order valence-electron chi connectivity index (χ4n) is 3.03. The molecule has 0 saturated heterocycles. The van der Waals surface area contributed by atoms with Crippen LogP contribution in [0.5, 0.6) is 0 Å². The number of hydrogen-bond acceptors (Lipinski definition) is 2. The Morgan fingerprint density at radius 1 is 0.846 bits per heavy atom. The van der Waals surface area contributed by atoms with Crippen LogP contribution in [0.4, 0.5) is 0 Å². The van der Waals surface area contributed by atoms with Crippen molar-refractivity contribution in [2.24, 2.45) is 0 Å². The van der Waals surface area contributed by atoms with E-state index in [9.17, 15) is 0 Å². The monoisotopic (exact) mass is 398 g/mol. The Morgan fingerprint density at radius 2 is 1.54 bits per heavy atom. The summed E-state index contributed by atoms with van der Waals surface area (Å²) in [5, 5.41) is 10.1. The van der Waals surface area contributed by atoms with Crippen molar-refractivity contribution < 1.29 is 0 Å². The molecule has 0 amide bonds. The molecule has 0 spiro atoms. The predicted molar refractivity (Wildman–Crippen MR) is 110 cm³/mol. The van der Waals surface area contributed by atoms with Crippen LogP contribution in [0.15, 0.2) is 77.3 Å².